The fourth-order valence-electron chi connectivity index (χ4n) is 0.433. The molecular weight excluding hydrogens is 120 g/mol. The van der Waals surface area contributed by atoms with Crippen LogP contribution in [0.1, 0.15) is 6.92 Å². The molecular formula is C5H12N2O2. The molecule has 0 bridgehead atoms. The van der Waals surface area contributed by atoms with Crippen molar-refractivity contribution in [3.63, 3.8) is 0 Å². The topological polar surface area (TPSA) is 53.8 Å². The van der Waals surface area contributed by atoms with Crippen LogP contribution in [0.3, 0.4) is 0 Å². The zero-order valence-electron chi connectivity index (χ0n) is 5.72. The smallest absolute Gasteiger partial charge is 0.239 e. The lowest BCUT2D eigenvalue weighted by molar-refractivity contribution is 0.259. The summed E-state index contributed by atoms with van der Waals surface area (Å²) in [4.78, 5) is 0. The molecule has 0 aliphatic rings. The molecule has 0 aliphatic heterocycles. The third kappa shape index (κ3) is 3.78. The van der Waals surface area contributed by atoms with E-state index in [0.29, 0.717) is 19.0 Å². The predicted octanol–water partition coefficient (Wildman–Crippen LogP) is 0.0300. The summed E-state index contributed by atoms with van der Waals surface area (Å²) in [5.41, 5.74) is 0. The van der Waals surface area contributed by atoms with Crippen LogP contribution in [0.5, 0.6) is 0 Å². The van der Waals surface area contributed by atoms with Crippen LogP contribution in [0.4, 0.5) is 0 Å². The van der Waals surface area contributed by atoms with E-state index < -0.39 is 0 Å². The molecule has 0 rings (SSSR count). The monoisotopic (exact) mass is 132 g/mol. The predicted molar refractivity (Wildman–Crippen MR) is 34.8 cm³/mol. The molecule has 54 valence electrons. The maximum absolute atomic E-state index is 8.21. The van der Waals surface area contributed by atoms with Gasteiger partial charge in [-0.1, -0.05) is 5.16 Å². The van der Waals surface area contributed by atoms with E-state index in [1.165, 1.54) is 0 Å². The van der Waals surface area contributed by atoms with Gasteiger partial charge in [0.15, 0.2) is 0 Å². The Morgan fingerprint density at radius 1 is 1.78 bits per heavy atom. The van der Waals surface area contributed by atoms with Gasteiger partial charge < -0.3 is 15.3 Å². The highest BCUT2D eigenvalue weighted by atomic mass is 16.5. The van der Waals surface area contributed by atoms with E-state index in [4.69, 9.17) is 9.94 Å². The van der Waals surface area contributed by atoms with E-state index in [1.807, 2.05) is 6.92 Å². The average Bonchev–Trinajstić information content (AvgIpc) is 1.88. The first-order valence-electron chi connectivity index (χ1n) is 2.83. The fraction of sp³-hybridized carbons (Fsp3) is 0.800. The third-order valence-electron chi connectivity index (χ3n) is 0.750. The van der Waals surface area contributed by atoms with Gasteiger partial charge in [-0.25, -0.2) is 0 Å². The molecule has 0 unspecified atom stereocenters. The third-order valence-corrected chi connectivity index (χ3v) is 0.750. The number of nitrogens with zero attached hydrogens (tertiary/aromatic N) is 1. The fourth-order valence-corrected chi connectivity index (χ4v) is 0.433. The molecule has 0 atom stereocenters. The van der Waals surface area contributed by atoms with Crippen molar-refractivity contribution in [3.8, 4) is 0 Å². The lowest BCUT2D eigenvalue weighted by Crippen LogP contribution is -2.21. The number of nitrogens with one attached hydrogen (secondary N) is 1. The first-order valence-corrected chi connectivity index (χ1v) is 2.83. The zero-order chi connectivity index (χ0) is 7.11. The Hall–Kier alpha value is -0.770. The molecule has 9 heavy (non-hydrogen) atoms. The van der Waals surface area contributed by atoms with Crippen LogP contribution >= 0.6 is 0 Å². The van der Waals surface area contributed by atoms with Gasteiger partial charge in [0.1, 0.15) is 0 Å². The first-order chi connectivity index (χ1) is 4.35. The van der Waals surface area contributed by atoms with E-state index in [2.05, 4.69) is 10.5 Å². The maximum atomic E-state index is 8.21. The summed E-state index contributed by atoms with van der Waals surface area (Å²) in [6.07, 6.45) is 0. The van der Waals surface area contributed by atoms with Gasteiger partial charge in [0.2, 0.25) is 5.90 Å². The Bertz CT molecular complexity index is 85.0. The van der Waals surface area contributed by atoms with Crippen LogP contribution in [0.2, 0.25) is 0 Å². The number of hydrogen-bond donors (Lipinski definition) is 2. The van der Waals surface area contributed by atoms with Gasteiger partial charge in [0.05, 0.1) is 13.2 Å². The summed E-state index contributed by atoms with van der Waals surface area (Å²) >= 11 is 0. The highest BCUT2D eigenvalue weighted by Gasteiger charge is 1.94. The van der Waals surface area contributed by atoms with E-state index in [9.17, 15) is 0 Å². The molecule has 0 saturated heterocycles. The van der Waals surface area contributed by atoms with Crippen molar-refractivity contribution in [2.75, 3.05) is 20.2 Å². The second-order valence-electron chi connectivity index (χ2n) is 1.46. The molecule has 0 radical (unpaired) electrons. The molecule has 0 aromatic carbocycles. The summed E-state index contributed by atoms with van der Waals surface area (Å²) < 4.78 is 4.87. The molecule has 0 spiro atoms. The summed E-state index contributed by atoms with van der Waals surface area (Å²) in [5.74, 6) is 0.319. The minimum absolute atomic E-state index is 0.319. The van der Waals surface area contributed by atoms with E-state index in [1.54, 1.807) is 7.05 Å². The molecule has 0 amide bonds. The number of hydrogen-bond acceptors (Lipinski definition) is 4. The zero-order valence-corrected chi connectivity index (χ0v) is 5.72. The van der Waals surface area contributed by atoms with Crippen LogP contribution < -0.4 is 5.32 Å². The lowest BCUT2D eigenvalue weighted by Gasteiger charge is -2.02. The van der Waals surface area contributed by atoms with Crippen molar-refractivity contribution >= 4 is 5.90 Å². The Balaban J connectivity index is 3.43. The Morgan fingerprint density at radius 3 is 2.78 bits per heavy atom. The van der Waals surface area contributed by atoms with Crippen molar-refractivity contribution in [1.82, 2.24) is 5.32 Å². The summed E-state index contributed by atoms with van der Waals surface area (Å²) in [5, 5.41) is 13.9. The molecule has 4 nitrogen and oxygen atoms in total. The highest BCUT2D eigenvalue weighted by Crippen LogP contribution is 1.77. The molecule has 0 aromatic rings. The molecule has 4 heteroatoms. The summed E-state index contributed by atoms with van der Waals surface area (Å²) in [7, 11) is 1.75. The quantitative estimate of drug-likeness (QED) is 0.246. The molecule has 2 N–H and O–H groups in total. The SMILES string of the molecule is CCO/C(CNC)=N\O. The van der Waals surface area contributed by atoms with Crippen molar-refractivity contribution < 1.29 is 9.94 Å². The van der Waals surface area contributed by atoms with Crippen LogP contribution in [0.15, 0.2) is 5.16 Å². The number of ether oxygens (including phenoxy) is 1. The minimum Gasteiger partial charge on any atom is -0.478 e. The van der Waals surface area contributed by atoms with Gasteiger partial charge in [-0.05, 0) is 14.0 Å². The van der Waals surface area contributed by atoms with Crippen molar-refractivity contribution in [1.29, 1.82) is 0 Å². The molecule has 0 fully saturated rings. The lowest BCUT2D eigenvalue weighted by atomic mass is 10.6. The molecule has 0 aromatic heterocycles. The maximum Gasteiger partial charge on any atom is 0.239 e. The van der Waals surface area contributed by atoms with Gasteiger partial charge in [0.25, 0.3) is 0 Å². The number of oxime groups is 1. The van der Waals surface area contributed by atoms with Crippen LogP contribution in [-0.2, 0) is 4.74 Å². The summed E-state index contributed by atoms with van der Waals surface area (Å²) in [6.45, 7) is 2.83. The highest BCUT2D eigenvalue weighted by molar-refractivity contribution is 5.77. The molecule has 0 aliphatic carbocycles. The van der Waals surface area contributed by atoms with Crippen LogP contribution in [0.25, 0.3) is 0 Å². The Kier molecular flexibility index (Phi) is 4.91. The van der Waals surface area contributed by atoms with E-state index in [0.717, 1.165) is 0 Å². The minimum atomic E-state index is 0.319. The summed E-state index contributed by atoms with van der Waals surface area (Å²) in [6, 6.07) is 0. The largest absolute Gasteiger partial charge is 0.478 e. The number of rotatable bonds is 3. The standard InChI is InChI=1S/C5H12N2O2/c1-3-9-5(7-8)4-6-2/h6,8H,3-4H2,1-2H3/b7-5-. The van der Waals surface area contributed by atoms with E-state index >= 15 is 0 Å². The molecule has 0 heterocycles. The number of likely N-dealkylation sites (N-methyl/N-ethyl adjacent to an activating group) is 1. The van der Waals surface area contributed by atoms with Gasteiger partial charge in [-0.3, -0.25) is 0 Å². The van der Waals surface area contributed by atoms with Crippen LogP contribution in [-0.4, -0.2) is 31.3 Å². The average molecular weight is 132 g/mol. The first kappa shape index (κ1) is 8.23. The van der Waals surface area contributed by atoms with E-state index in [-0.39, 0.29) is 0 Å². The normalized spacial score (nSPS) is 11.6. The second-order valence-corrected chi connectivity index (χ2v) is 1.46. The van der Waals surface area contributed by atoms with Crippen molar-refractivity contribution in [2.24, 2.45) is 5.16 Å². The Morgan fingerprint density at radius 2 is 2.44 bits per heavy atom. The van der Waals surface area contributed by atoms with Crippen LogP contribution in [0, 0.1) is 0 Å². The second kappa shape index (κ2) is 5.37. The molecule has 0 saturated carbocycles. The van der Waals surface area contributed by atoms with Gasteiger partial charge >= 0.3 is 0 Å². The van der Waals surface area contributed by atoms with Gasteiger partial charge in [0, 0.05) is 0 Å². The van der Waals surface area contributed by atoms with Crippen molar-refractivity contribution in [3.05, 3.63) is 0 Å². The van der Waals surface area contributed by atoms with Gasteiger partial charge in [-0.2, -0.15) is 0 Å². The van der Waals surface area contributed by atoms with Crippen molar-refractivity contribution in [2.45, 2.75) is 6.92 Å². The Labute approximate surface area is 54.5 Å². The van der Waals surface area contributed by atoms with Gasteiger partial charge in [-0.15, -0.1) is 0 Å².